The van der Waals surface area contributed by atoms with Crippen LogP contribution >= 0.6 is 7.60 Å². The highest BCUT2D eigenvalue weighted by molar-refractivity contribution is 7.54. The number of hydrogen-bond acceptors (Lipinski definition) is 13. The van der Waals surface area contributed by atoms with Crippen molar-refractivity contribution in [3.8, 4) is 5.75 Å². The minimum absolute atomic E-state index is 0.0745. The molecule has 15 nitrogen and oxygen atoms in total. The van der Waals surface area contributed by atoms with Gasteiger partial charge in [0.15, 0.2) is 5.60 Å². The molecule has 3 aromatic rings. The summed E-state index contributed by atoms with van der Waals surface area (Å²) in [5, 5.41) is 42.4. The van der Waals surface area contributed by atoms with E-state index in [2.05, 4.69) is 32.2 Å². The summed E-state index contributed by atoms with van der Waals surface area (Å²) >= 11 is 0. The molecule has 1 amide bonds. The fraction of sp³-hybridized carbons (Fsp3) is 0.633. The third kappa shape index (κ3) is 6.42. The van der Waals surface area contributed by atoms with Crippen molar-refractivity contribution >= 4 is 36.1 Å². The number of anilines is 1. The average Bonchev–Trinajstić information content (AvgIpc) is 3.96. The van der Waals surface area contributed by atoms with Gasteiger partial charge in [-0.05, 0) is 95.0 Å². The summed E-state index contributed by atoms with van der Waals surface area (Å²) in [5.74, 6) is -2.20. The Hall–Kier alpha value is -3.79. The number of piperidine rings is 1. The first kappa shape index (κ1) is 46.3. The van der Waals surface area contributed by atoms with Gasteiger partial charge in [-0.2, -0.15) is 0 Å². The molecule has 5 aliphatic heterocycles. The molecule has 2 aromatic carbocycles. The molecule has 6 aliphatic rings. The number of hydrogen-bond donors (Lipinski definition) is 5. The maximum atomic E-state index is 15.4. The SMILES string of the molecule is CCOP(=O)(OCC)C(C)NC(=O)[C@@]1(O)[C@H](O)[C@]2(CC)C=CCN3CC[C@@]4(c5cc([C@@]6(C(=O)OC)C[C@@H]7CN(CCc8c6[nH]c6ccccc86)C[C@](O)(CC)C7)c(OC)cc5N(C)[C@@H]14)[C@@H]32. The fourth-order valence-electron chi connectivity index (χ4n) is 14.0. The second-order valence-electron chi connectivity index (χ2n) is 19.7. The number of carbonyl (C=O) groups excluding carboxylic acids is 2. The van der Waals surface area contributed by atoms with Crippen LogP contribution in [0, 0.1) is 11.3 Å². The molecule has 11 atom stereocenters. The van der Waals surface area contributed by atoms with Crippen LogP contribution in [0.3, 0.4) is 0 Å². The molecular weight excluding hydrogens is 850 g/mol. The molecule has 1 spiro atoms. The molecule has 16 heteroatoms. The largest absolute Gasteiger partial charge is 0.496 e. The Morgan fingerprint density at radius 3 is 2.42 bits per heavy atom. The Balaban J connectivity index is 1.30. The summed E-state index contributed by atoms with van der Waals surface area (Å²) in [6.07, 6.45) is 5.32. The molecule has 0 radical (unpaired) electrons. The minimum Gasteiger partial charge on any atom is -0.496 e. The number of para-hydroxylation sites is 1. The maximum Gasteiger partial charge on any atom is 0.352 e. The van der Waals surface area contributed by atoms with Crippen molar-refractivity contribution < 1.29 is 48.0 Å². The lowest BCUT2D eigenvalue weighted by Crippen LogP contribution is -2.82. The molecule has 1 saturated carbocycles. The van der Waals surface area contributed by atoms with E-state index in [0.717, 1.165) is 27.7 Å². The maximum absolute atomic E-state index is 15.4. The summed E-state index contributed by atoms with van der Waals surface area (Å²) in [5.41, 5.74) is -2.23. The number of aliphatic hydroxyl groups is 3. The summed E-state index contributed by atoms with van der Waals surface area (Å²) < 4.78 is 37.7. The molecule has 65 heavy (non-hydrogen) atoms. The highest BCUT2D eigenvalue weighted by atomic mass is 31.2. The first-order valence-electron chi connectivity index (χ1n) is 23.6. The number of methoxy groups -OCH3 is 2. The van der Waals surface area contributed by atoms with Crippen molar-refractivity contribution in [2.75, 3.05) is 72.1 Å². The molecule has 5 N–H and O–H groups in total. The van der Waals surface area contributed by atoms with Gasteiger partial charge in [-0.1, -0.05) is 44.2 Å². The van der Waals surface area contributed by atoms with E-state index in [0.29, 0.717) is 88.2 Å². The molecule has 2 bridgehead atoms. The van der Waals surface area contributed by atoms with Gasteiger partial charge in [-0.3, -0.25) is 24.0 Å². The number of H-pyrrole nitrogens is 1. The summed E-state index contributed by atoms with van der Waals surface area (Å²) in [6, 6.07) is 10.7. The van der Waals surface area contributed by atoms with Crippen LogP contribution in [0.1, 0.15) is 89.1 Å². The Labute approximate surface area is 382 Å². The Morgan fingerprint density at radius 1 is 1.00 bits per heavy atom. The quantitative estimate of drug-likeness (QED) is 0.0933. The van der Waals surface area contributed by atoms with Crippen LogP contribution in [0.25, 0.3) is 10.9 Å². The zero-order valence-corrected chi connectivity index (χ0v) is 40.1. The van der Waals surface area contributed by atoms with Crippen molar-refractivity contribution in [2.45, 2.75) is 119 Å². The van der Waals surface area contributed by atoms with Gasteiger partial charge in [0.25, 0.3) is 5.91 Å². The van der Waals surface area contributed by atoms with Crippen LogP contribution in [0.4, 0.5) is 5.69 Å². The monoisotopic (exact) mass is 917 g/mol. The Kier molecular flexibility index (Phi) is 11.7. The summed E-state index contributed by atoms with van der Waals surface area (Å²) in [6.45, 7) is 12.2. The van der Waals surface area contributed by atoms with Gasteiger partial charge in [-0.15, -0.1) is 0 Å². The molecule has 3 fully saturated rings. The molecule has 354 valence electrons. The van der Waals surface area contributed by atoms with Crippen molar-refractivity contribution in [3.63, 3.8) is 0 Å². The molecular formula is C49H68N5O10P. The zero-order valence-electron chi connectivity index (χ0n) is 39.2. The molecule has 1 aromatic heterocycles. The second kappa shape index (κ2) is 16.5. The molecule has 9 rings (SSSR count). The van der Waals surface area contributed by atoms with Gasteiger partial charge >= 0.3 is 13.6 Å². The topological polar surface area (TPSA) is 186 Å². The predicted molar refractivity (Wildman–Crippen MR) is 247 cm³/mol. The highest BCUT2D eigenvalue weighted by Crippen LogP contribution is 2.68. The zero-order chi connectivity index (χ0) is 46.5. The van der Waals surface area contributed by atoms with Crippen molar-refractivity contribution in [1.82, 2.24) is 20.1 Å². The highest BCUT2D eigenvalue weighted by Gasteiger charge is 2.79. The van der Waals surface area contributed by atoms with E-state index in [1.165, 1.54) is 14.0 Å². The van der Waals surface area contributed by atoms with Crippen LogP contribution < -0.4 is 15.0 Å². The standard InChI is InChI=1S/C49H68N5O10P/c1-9-45(58)26-31-27-48(44(57)62-8,39-33(18-22-53(28-31)29-45)32-16-13-14-17-36(32)51-39)35-24-34-37(25-38(35)61-7)52(6)41-47(34)20-23-54-21-15-19-46(10-2,40(47)54)42(55)49(41,59)43(56)50-30(5)65(60,63-11-3)64-12-4/h13-17,19,24-25,30-31,40-42,51,55,58-59H,9-12,18,20-23,26-29H2,1-8H3,(H,50,56)/t30?,31-,40+,41-,42-,45+,46-,47-,48+,49+/m1/s1. The van der Waals surface area contributed by atoms with Gasteiger partial charge in [-0.25, -0.2) is 0 Å². The van der Waals surface area contributed by atoms with Crippen molar-refractivity contribution in [2.24, 2.45) is 11.3 Å². The minimum atomic E-state index is -3.90. The second-order valence-corrected chi connectivity index (χ2v) is 22.0. The third-order valence-corrected chi connectivity index (χ3v) is 19.0. The van der Waals surface area contributed by atoms with Crippen molar-refractivity contribution in [1.29, 1.82) is 0 Å². The number of rotatable bonds is 12. The first-order valence-corrected chi connectivity index (χ1v) is 25.2. The number of carbonyl (C=O) groups is 2. The number of aromatic nitrogens is 1. The lowest BCUT2D eigenvalue weighted by molar-refractivity contribution is -0.203. The number of aliphatic hydroxyl groups excluding tert-OH is 1. The first-order chi connectivity index (χ1) is 31.0. The van der Waals surface area contributed by atoms with E-state index in [1.807, 2.05) is 62.2 Å². The number of esters is 1. The smallest absolute Gasteiger partial charge is 0.352 e. The fourth-order valence-corrected chi connectivity index (χ4v) is 15.6. The normalized spacial score (nSPS) is 35.6. The number of benzene rings is 2. The van der Waals surface area contributed by atoms with Gasteiger partial charge in [0.1, 0.15) is 23.1 Å². The van der Waals surface area contributed by atoms with Crippen LogP contribution in [0.5, 0.6) is 5.75 Å². The number of aromatic amines is 1. The van der Waals surface area contributed by atoms with Crippen molar-refractivity contribution in [3.05, 3.63) is 70.9 Å². The van der Waals surface area contributed by atoms with E-state index < -0.39 is 64.8 Å². The van der Waals surface area contributed by atoms with Crippen LogP contribution in [-0.4, -0.2) is 144 Å². The van der Waals surface area contributed by atoms with E-state index in [1.54, 1.807) is 21.0 Å². The lowest BCUT2D eigenvalue weighted by atomic mass is 9.47. The van der Waals surface area contributed by atoms with Gasteiger partial charge in [0.2, 0.25) is 0 Å². The number of ether oxygens (including phenoxy) is 2. The molecule has 1 aliphatic carbocycles. The Morgan fingerprint density at radius 2 is 1.74 bits per heavy atom. The van der Waals surface area contributed by atoms with E-state index in [4.69, 9.17) is 18.5 Å². The summed E-state index contributed by atoms with van der Waals surface area (Å²) in [4.78, 5) is 41.0. The van der Waals surface area contributed by atoms with E-state index >= 15 is 9.59 Å². The van der Waals surface area contributed by atoms with Crippen LogP contribution in [0.15, 0.2) is 48.6 Å². The average molecular weight is 918 g/mol. The van der Waals surface area contributed by atoms with Gasteiger partial charge in [0, 0.05) is 84.0 Å². The van der Waals surface area contributed by atoms with Crippen LogP contribution in [-0.2, 0) is 45.2 Å². The third-order valence-electron chi connectivity index (χ3n) is 16.6. The lowest BCUT2D eigenvalue weighted by Gasteiger charge is -2.63. The number of amides is 1. The summed E-state index contributed by atoms with van der Waals surface area (Å²) in [7, 11) is 0.955. The molecule has 2 saturated heterocycles. The van der Waals surface area contributed by atoms with E-state index in [9.17, 15) is 19.9 Å². The molecule has 2 unspecified atom stereocenters. The number of likely N-dealkylation sites (N-methyl/N-ethyl adjacent to an activating group) is 1. The number of fused-ring (bicyclic) bond motifs is 6. The number of nitrogens with one attached hydrogen (secondary N) is 2. The molecule has 6 heterocycles. The van der Waals surface area contributed by atoms with Crippen LogP contribution in [0.2, 0.25) is 0 Å². The Bertz CT molecular complexity index is 2440. The van der Waals surface area contributed by atoms with Gasteiger partial charge in [0.05, 0.1) is 39.1 Å². The van der Waals surface area contributed by atoms with Gasteiger partial charge < -0.3 is 49.0 Å². The van der Waals surface area contributed by atoms with E-state index in [-0.39, 0.29) is 25.2 Å². The predicted octanol–water partition coefficient (Wildman–Crippen LogP) is 4.98. The number of nitrogens with zero attached hydrogens (tertiary/aromatic N) is 3.